The van der Waals surface area contributed by atoms with Crippen LogP contribution in [0.2, 0.25) is 0 Å². The molecule has 0 aromatic carbocycles. The van der Waals surface area contributed by atoms with Gasteiger partial charge in [0.25, 0.3) is 0 Å². The number of ketones is 2. The monoisotopic (exact) mass is 603 g/mol. The van der Waals surface area contributed by atoms with Crippen molar-refractivity contribution in [1.82, 2.24) is 10.6 Å². The van der Waals surface area contributed by atoms with Gasteiger partial charge in [-0.2, -0.15) is 5.26 Å². The van der Waals surface area contributed by atoms with Gasteiger partial charge in [-0.3, -0.25) is 19.2 Å². The van der Waals surface area contributed by atoms with Gasteiger partial charge in [-0.1, -0.05) is 73.5 Å². The Balaban J connectivity index is 1.55. The van der Waals surface area contributed by atoms with Gasteiger partial charge in [0, 0.05) is 23.3 Å². The van der Waals surface area contributed by atoms with Gasteiger partial charge in [-0.15, -0.1) is 0 Å². The second-order valence-corrected chi connectivity index (χ2v) is 16.8. The molecule has 0 aromatic rings. The molecule has 0 bridgehead atoms. The maximum absolute atomic E-state index is 14.6. The lowest BCUT2D eigenvalue weighted by Gasteiger charge is -2.69. The number of carbonyl (C=O) groups excluding carboxylic acids is 4. The molecule has 2 amide bonds. The molecule has 5 aliphatic carbocycles. The van der Waals surface area contributed by atoms with Crippen LogP contribution in [0.4, 0.5) is 0 Å². The minimum atomic E-state index is -0.701. The van der Waals surface area contributed by atoms with Crippen molar-refractivity contribution in [1.29, 1.82) is 5.26 Å². The minimum Gasteiger partial charge on any atom is -0.355 e. The molecule has 7 nitrogen and oxygen atoms in total. The third-order valence-electron chi connectivity index (χ3n) is 13.6. The van der Waals surface area contributed by atoms with Gasteiger partial charge in [-0.25, -0.2) is 0 Å². The van der Waals surface area contributed by atoms with E-state index in [9.17, 15) is 24.4 Å². The Hall–Kier alpha value is -2.75. The lowest BCUT2D eigenvalue weighted by Crippen LogP contribution is -2.66. The largest absolute Gasteiger partial charge is 0.355 e. The Kier molecular flexibility index (Phi) is 7.91. The van der Waals surface area contributed by atoms with Gasteiger partial charge >= 0.3 is 0 Å². The topological polar surface area (TPSA) is 116 Å². The van der Waals surface area contributed by atoms with Crippen LogP contribution in [0.1, 0.15) is 113 Å². The molecule has 7 atom stereocenters. The highest BCUT2D eigenvalue weighted by atomic mass is 16.2. The average Bonchev–Trinajstić information content (AvgIpc) is 2.95. The highest BCUT2D eigenvalue weighted by molar-refractivity contribution is 6.04. The van der Waals surface area contributed by atoms with Crippen LogP contribution < -0.4 is 10.6 Å². The number of hydrogen-bond acceptors (Lipinski definition) is 5. The maximum atomic E-state index is 14.6. The van der Waals surface area contributed by atoms with Crippen molar-refractivity contribution < 1.29 is 19.2 Å². The van der Waals surface area contributed by atoms with Crippen molar-refractivity contribution in [3.05, 3.63) is 23.3 Å². The zero-order valence-corrected chi connectivity index (χ0v) is 28.2. The van der Waals surface area contributed by atoms with E-state index in [4.69, 9.17) is 0 Å². The Bertz CT molecular complexity index is 1380. The van der Waals surface area contributed by atoms with Crippen molar-refractivity contribution >= 4 is 23.4 Å². The van der Waals surface area contributed by atoms with E-state index in [0.717, 1.165) is 50.5 Å². The molecule has 5 aliphatic rings. The minimum absolute atomic E-state index is 0.00239. The first-order chi connectivity index (χ1) is 20.4. The number of amides is 2. The summed E-state index contributed by atoms with van der Waals surface area (Å²) in [5.41, 5.74) is -1.41. The molecule has 3 fully saturated rings. The quantitative estimate of drug-likeness (QED) is 0.349. The van der Waals surface area contributed by atoms with E-state index in [-0.39, 0.29) is 69.5 Å². The lowest BCUT2D eigenvalue weighted by atomic mass is 9.34. The van der Waals surface area contributed by atoms with E-state index in [1.807, 2.05) is 26.0 Å². The molecular weight excluding hydrogens is 550 g/mol. The highest BCUT2D eigenvalue weighted by Gasteiger charge is 2.70. The summed E-state index contributed by atoms with van der Waals surface area (Å²) in [6, 6.07) is 2.18. The lowest BCUT2D eigenvalue weighted by molar-refractivity contribution is -0.178. The number of nitriles is 1. The summed E-state index contributed by atoms with van der Waals surface area (Å²) in [6.07, 6.45) is 11.2. The van der Waals surface area contributed by atoms with Crippen LogP contribution in [0.5, 0.6) is 0 Å². The van der Waals surface area contributed by atoms with Crippen LogP contribution in [0, 0.1) is 61.6 Å². The van der Waals surface area contributed by atoms with Gasteiger partial charge in [0.2, 0.25) is 11.8 Å². The SMILES string of the molecule is CCCCNC(=O)CNC(=O)[C@]12CCC(C)(C)CC1C1C(=O)C=C3[C@@]4(C)C=C(C#N)C(=O)C(C)(C)[C@@H]4CC[C@@]3(C)[C@]1(C)CC2. The number of Topliss-reactive ketones (excluding diaryl/α,β-unsaturated/α-hetero) is 1. The molecule has 0 heterocycles. The van der Waals surface area contributed by atoms with E-state index in [1.165, 1.54) is 0 Å². The van der Waals surface area contributed by atoms with Crippen molar-refractivity contribution in [3.8, 4) is 6.07 Å². The molecule has 0 aromatic heterocycles. The zero-order chi connectivity index (χ0) is 32.5. The van der Waals surface area contributed by atoms with Crippen LogP contribution in [-0.2, 0) is 19.2 Å². The van der Waals surface area contributed by atoms with E-state index in [2.05, 4.69) is 58.2 Å². The predicted octanol–water partition coefficient (Wildman–Crippen LogP) is 6.24. The molecule has 0 aliphatic heterocycles. The molecule has 0 saturated heterocycles. The fourth-order valence-corrected chi connectivity index (χ4v) is 10.8. The number of fused-ring (bicyclic) bond motifs is 7. The van der Waals surface area contributed by atoms with Crippen LogP contribution in [0.3, 0.4) is 0 Å². The molecule has 240 valence electrons. The number of rotatable bonds is 6. The van der Waals surface area contributed by atoms with E-state index in [0.29, 0.717) is 19.4 Å². The van der Waals surface area contributed by atoms with Crippen LogP contribution >= 0.6 is 0 Å². The molecular formula is C37H53N3O4. The summed E-state index contributed by atoms with van der Waals surface area (Å²) in [6.45, 7) is 17.8. The Labute approximate surface area is 264 Å². The van der Waals surface area contributed by atoms with Crippen LogP contribution in [-0.4, -0.2) is 36.5 Å². The zero-order valence-electron chi connectivity index (χ0n) is 28.2. The predicted molar refractivity (Wildman–Crippen MR) is 170 cm³/mol. The maximum Gasteiger partial charge on any atom is 0.239 e. The van der Waals surface area contributed by atoms with Gasteiger partial charge in [0.15, 0.2) is 11.6 Å². The highest BCUT2D eigenvalue weighted by Crippen LogP contribution is 2.74. The summed E-state index contributed by atoms with van der Waals surface area (Å²) in [5.74, 6) is -0.716. The number of nitrogens with zero attached hydrogens (tertiary/aromatic N) is 1. The average molecular weight is 604 g/mol. The molecule has 0 spiro atoms. The number of allylic oxidation sites excluding steroid dienone is 4. The van der Waals surface area contributed by atoms with Gasteiger partial charge in [-0.05, 0) is 85.5 Å². The number of nitrogens with one attached hydrogen (secondary N) is 2. The molecule has 44 heavy (non-hydrogen) atoms. The second-order valence-electron chi connectivity index (χ2n) is 16.8. The third-order valence-corrected chi connectivity index (χ3v) is 13.6. The Morgan fingerprint density at radius 1 is 0.977 bits per heavy atom. The third kappa shape index (κ3) is 4.56. The van der Waals surface area contributed by atoms with E-state index in [1.54, 1.807) is 0 Å². The summed E-state index contributed by atoms with van der Waals surface area (Å²) < 4.78 is 0. The standard InChI is InChI=1S/C37H53N3O4/c1-9-10-17-39-28(42)22-40-31(44)37-15-13-32(2,3)20-24(37)29-25(41)18-27-34(6)19-23(21-38)30(43)33(4,5)26(34)11-12-35(27,7)36(29,8)14-16-37/h18-19,24,26,29H,9-17,20,22H2,1-8H3,(H,39,42)(H,40,44)/t24?,26-,29?,34-,35+,36+,37-/m0/s1. The fourth-order valence-electron chi connectivity index (χ4n) is 10.8. The Morgan fingerprint density at radius 3 is 2.32 bits per heavy atom. The normalized spacial score (nSPS) is 40.1. The molecule has 0 radical (unpaired) electrons. The summed E-state index contributed by atoms with van der Waals surface area (Å²) in [7, 11) is 0. The summed E-state index contributed by atoms with van der Waals surface area (Å²) in [5, 5.41) is 15.9. The van der Waals surface area contributed by atoms with Gasteiger partial charge in [0.1, 0.15) is 6.07 Å². The van der Waals surface area contributed by atoms with Crippen molar-refractivity contribution in [2.75, 3.05) is 13.1 Å². The molecule has 2 unspecified atom stereocenters. The van der Waals surface area contributed by atoms with Crippen LogP contribution in [0.15, 0.2) is 23.3 Å². The summed E-state index contributed by atoms with van der Waals surface area (Å²) in [4.78, 5) is 54.6. The summed E-state index contributed by atoms with van der Waals surface area (Å²) >= 11 is 0. The van der Waals surface area contributed by atoms with Gasteiger partial charge in [0.05, 0.1) is 17.5 Å². The van der Waals surface area contributed by atoms with Crippen molar-refractivity contribution in [2.24, 2.45) is 50.2 Å². The Morgan fingerprint density at radius 2 is 1.66 bits per heavy atom. The number of unbranched alkanes of at least 4 members (excludes halogenated alkanes) is 1. The first kappa shape index (κ1) is 32.6. The van der Waals surface area contributed by atoms with Crippen molar-refractivity contribution in [2.45, 2.75) is 113 Å². The first-order valence-corrected chi connectivity index (χ1v) is 16.9. The molecule has 2 N–H and O–H groups in total. The first-order valence-electron chi connectivity index (χ1n) is 16.9. The number of hydrogen-bond donors (Lipinski definition) is 2. The molecule has 5 rings (SSSR count). The van der Waals surface area contributed by atoms with E-state index >= 15 is 0 Å². The van der Waals surface area contributed by atoms with Crippen molar-refractivity contribution in [3.63, 3.8) is 0 Å². The van der Waals surface area contributed by atoms with Gasteiger partial charge < -0.3 is 10.6 Å². The molecule has 7 heteroatoms. The van der Waals surface area contributed by atoms with E-state index < -0.39 is 16.2 Å². The fraction of sp³-hybridized carbons (Fsp3) is 0.757. The second kappa shape index (κ2) is 10.7. The molecule has 3 saturated carbocycles. The van der Waals surface area contributed by atoms with Crippen LogP contribution in [0.25, 0.3) is 0 Å². The smallest absolute Gasteiger partial charge is 0.239 e. The number of carbonyl (C=O) groups is 4.